The van der Waals surface area contributed by atoms with Gasteiger partial charge in [0, 0.05) is 15.4 Å². The minimum Gasteiger partial charge on any atom is -0.309 e. The standard InChI is InChI=1S/C15H26BrNS/c1-3-5-6-7-8-9-10-14(17-4-2)15-13(16)11-12-18-15/h11-12,14,17H,3-10H2,1-2H3. The highest BCUT2D eigenvalue weighted by Gasteiger charge is 2.14. The van der Waals surface area contributed by atoms with Gasteiger partial charge in [0.05, 0.1) is 0 Å². The highest BCUT2D eigenvalue weighted by molar-refractivity contribution is 9.10. The zero-order valence-electron chi connectivity index (χ0n) is 11.7. The van der Waals surface area contributed by atoms with Crippen molar-refractivity contribution in [2.75, 3.05) is 6.54 Å². The van der Waals surface area contributed by atoms with Gasteiger partial charge in [-0.25, -0.2) is 0 Å². The maximum absolute atomic E-state index is 3.65. The van der Waals surface area contributed by atoms with Crippen LogP contribution in [0.4, 0.5) is 0 Å². The predicted molar refractivity (Wildman–Crippen MR) is 86.4 cm³/mol. The van der Waals surface area contributed by atoms with Crippen LogP contribution in [0.1, 0.15) is 69.7 Å². The molecular formula is C15H26BrNS. The van der Waals surface area contributed by atoms with Crippen molar-refractivity contribution in [1.29, 1.82) is 0 Å². The lowest BCUT2D eigenvalue weighted by Crippen LogP contribution is -2.20. The minimum atomic E-state index is 0.538. The van der Waals surface area contributed by atoms with Crippen LogP contribution in [-0.2, 0) is 0 Å². The molecule has 1 aromatic heterocycles. The normalized spacial score (nSPS) is 12.8. The first-order valence-electron chi connectivity index (χ1n) is 7.25. The number of halogens is 1. The van der Waals surface area contributed by atoms with Crippen molar-refractivity contribution in [1.82, 2.24) is 5.32 Å². The lowest BCUT2D eigenvalue weighted by Gasteiger charge is -2.17. The first-order chi connectivity index (χ1) is 8.79. The van der Waals surface area contributed by atoms with Crippen molar-refractivity contribution in [3.05, 3.63) is 20.8 Å². The molecule has 0 aliphatic rings. The van der Waals surface area contributed by atoms with Crippen LogP contribution < -0.4 is 5.32 Å². The van der Waals surface area contributed by atoms with E-state index in [4.69, 9.17) is 0 Å². The average Bonchev–Trinajstić information content (AvgIpc) is 2.78. The molecule has 1 N–H and O–H groups in total. The molecule has 0 saturated heterocycles. The molecule has 0 fully saturated rings. The Morgan fingerprint density at radius 2 is 1.89 bits per heavy atom. The third-order valence-corrected chi connectivity index (χ3v) is 5.24. The maximum atomic E-state index is 3.65. The van der Waals surface area contributed by atoms with Crippen LogP contribution in [0.5, 0.6) is 0 Å². The summed E-state index contributed by atoms with van der Waals surface area (Å²) in [7, 11) is 0. The third-order valence-electron chi connectivity index (χ3n) is 3.26. The van der Waals surface area contributed by atoms with Gasteiger partial charge >= 0.3 is 0 Å². The summed E-state index contributed by atoms with van der Waals surface area (Å²) in [6, 6.07) is 2.70. The van der Waals surface area contributed by atoms with Gasteiger partial charge in [-0.2, -0.15) is 0 Å². The zero-order chi connectivity index (χ0) is 13.2. The van der Waals surface area contributed by atoms with Crippen LogP contribution >= 0.6 is 27.3 Å². The number of unbranched alkanes of at least 4 members (excludes halogenated alkanes) is 5. The second-order valence-corrected chi connectivity index (χ2v) is 6.60. The molecule has 0 radical (unpaired) electrons. The van der Waals surface area contributed by atoms with Gasteiger partial charge in [0.1, 0.15) is 0 Å². The van der Waals surface area contributed by atoms with Crippen molar-refractivity contribution < 1.29 is 0 Å². The minimum absolute atomic E-state index is 0.538. The Bertz CT molecular complexity index is 311. The van der Waals surface area contributed by atoms with Crippen molar-refractivity contribution >= 4 is 27.3 Å². The summed E-state index contributed by atoms with van der Waals surface area (Å²) in [5.41, 5.74) is 0. The van der Waals surface area contributed by atoms with Gasteiger partial charge in [-0.1, -0.05) is 52.4 Å². The molecule has 1 atom stereocenters. The SMILES string of the molecule is CCCCCCCCC(NCC)c1sccc1Br. The predicted octanol–water partition coefficient (Wildman–Crippen LogP) is 5.91. The van der Waals surface area contributed by atoms with E-state index in [0.717, 1.165) is 6.54 Å². The molecule has 0 spiro atoms. The summed E-state index contributed by atoms with van der Waals surface area (Å²) in [6.45, 7) is 5.51. The lowest BCUT2D eigenvalue weighted by molar-refractivity contribution is 0.481. The van der Waals surface area contributed by atoms with Crippen LogP contribution in [-0.4, -0.2) is 6.54 Å². The second-order valence-electron chi connectivity index (χ2n) is 4.80. The summed E-state index contributed by atoms with van der Waals surface area (Å²) in [5, 5.41) is 5.78. The molecule has 1 rings (SSSR count). The molecule has 1 aromatic rings. The largest absolute Gasteiger partial charge is 0.309 e. The van der Waals surface area contributed by atoms with E-state index in [1.54, 1.807) is 0 Å². The van der Waals surface area contributed by atoms with E-state index < -0.39 is 0 Å². The average molecular weight is 332 g/mol. The Morgan fingerprint density at radius 1 is 1.17 bits per heavy atom. The number of hydrogen-bond donors (Lipinski definition) is 1. The molecule has 0 saturated carbocycles. The van der Waals surface area contributed by atoms with Crippen molar-refractivity contribution in [3.63, 3.8) is 0 Å². The Morgan fingerprint density at radius 3 is 2.50 bits per heavy atom. The maximum Gasteiger partial charge on any atom is 0.0426 e. The number of rotatable bonds is 10. The zero-order valence-corrected chi connectivity index (χ0v) is 14.1. The molecular weight excluding hydrogens is 306 g/mol. The number of hydrogen-bond acceptors (Lipinski definition) is 2. The van der Waals surface area contributed by atoms with Crippen LogP contribution in [0, 0.1) is 0 Å². The van der Waals surface area contributed by atoms with Gasteiger partial charge in [-0.05, 0) is 40.3 Å². The summed E-state index contributed by atoms with van der Waals surface area (Å²) in [4.78, 5) is 1.46. The molecule has 18 heavy (non-hydrogen) atoms. The van der Waals surface area contributed by atoms with E-state index in [0.29, 0.717) is 6.04 Å². The quantitative estimate of drug-likeness (QED) is 0.525. The Kier molecular flexibility index (Phi) is 8.99. The molecule has 104 valence electrons. The van der Waals surface area contributed by atoms with Gasteiger partial charge in [0.15, 0.2) is 0 Å². The highest BCUT2D eigenvalue weighted by atomic mass is 79.9. The van der Waals surface area contributed by atoms with E-state index >= 15 is 0 Å². The monoisotopic (exact) mass is 331 g/mol. The van der Waals surface area contributed by atoms with Crippen LogP contribution in [0.2, 0.25) is 0 Å². The first kappa shape index (κ1) is 16.2. The van der Waals surface area contributed by atoms with E-state index in [1.165, 1.54) is 54.3 Å². The Labute approximate surface area is 125 Å². The molecule has 3 heteroatoms. The number of nitrogens with one attached hydrogen (secondary N) is 1. The van der Waals surface area contributed by atoms with Gasteiger partial charge in [-0.3, -0.25) is 0 Å². The van der Waals surface area contributed by atoms with Crippen LogP contribution in [0.3, 0.4) is 0 Å². The molecule has 1 heterocycles. The summed E-state index contributed by atoms with van der Waals surface area (Å²) in [5.74, 6) is 0. The van der Waals surface area contributed by atoms with Gasteiger partial charge in [0.25, 0.3) is 0 Å². The van der Waals surface area contributed by atoms with Gasteiger partial charge < -0.3 is 5.32 Å². The third kappa shape index (κ3) is 5.85. The highest BCUT2D eigenvalue weighted by Crippen LogP contribution is 2.32. The molecule has 0 aliphatic heterocycles. The fourth-order valence-electron chi connectivity index (χ4n) is 2.26. The molecule has 0 aliphatic carbocycles. The van der Waals surface area contributed by atoms with E-state index in [9.17, 15) is 0 Å². The smallest absolute Gasteiger partial charge is 0.0426 e. The van der Waals surface area contributed by atoms with Crippen molar-refractivity contribution in [2.45, 2.75) is 64.8 Å². The first-order valence-corrected chi connectivity index (χ1v) is 8.93. The van der Waals surface area contributed by atoms with Crippen molar-refractivity contribution in [2.24, 2.45) is 0 Å². The molecule has 0 bridgehead atoms. The van der Waals surface area contributed by atoms with Crippen LogP contribution in [0.25, 0.3) is 0 Å². The molecule has 1 nitrogen and oxygen atoms in total. The van der Waals surface area contributed by atoms with E-state index in [1.807, 2.05) is 11.3 Å². The summed E-state index contributed by atoms with van der Waals surface area (Å²) in [6.07, 6.45) is 9.52. The molecule has 0 amide bonds. The Hall–Kier alpha value is 0.140. The summed E-state index contributed by atoms with van der Waals surface area (Å²) < 4.78 is 1.27. The van der Waals surface area contributed by atoms with Gasteiger partial charge in [-0.15, -0.1) is 11.3 Å². The van der Waals surface area contributed by atoms with E-state index in [2.05, 4.69) is 46.5 Å². The van der Waals surface area contributed by atoms with Crippen LogP contribution in [0.15, 0.2) is 15.9 Å². The number of thiophene rings is 1. The lowest BCUT2D eigenvalue weighted by atomic mass is 10.0. The Balaban J connectivity index is 2.29. The fourth-order valence-corrected chi connectivity index (χ4v) is 4.02. The molecule has 1 unspecified atom stereocenters. The second kappa shape index (κ2) is 9.99. The van der Waals surface area contributed by atoms with E-state index in [-0.39, 0.29) is 0 Å². The summed E-state index contributed by atoms with van der Waals surface area (Å²) >= 11 is 5.51. The molecule has 0 aromatic carbocycles. The topological polar surface area (TPSA) is 12.0 Å². The fraction of sp³-hybridized carbons (Fsp3) is 0.733. The van der Waals surface area contributed by atoms with Crippen molar-refractivity contribution in [3.8, 4) is 0 Å². The van der Waals surface area contributed by atoms with Gasteiger partial charge in [0.2, 0.25) is 0 Å².